The molecule has 0 amide bonds. The molecule has 0 radical (unpaired) electrons. The molecular weight excluding hydrogens is 343 g/mol. The minimum Gasteiger partial charge on any atom is -0.271 e. The average molecular weight is 362 g/mol. The molecule has 1 aromatic carbocycles. The summed E-state index contributed by atoms with van der Waals surface area (Å²) in [6.45, 7) is 0. The molecule has 1 aromatic rings. The zero-order chi connectivity index (χ0) is 12.1. The SMILES string of the molecule is NNC(Cc1ccc(I)cc1)C1CCCCS1. The molecule has 0 spiro atoms. The van der Waals surface area contributed by atoms with E-state index in [4.69, 9.17) is 5.84 Å². The number of nitrogens with two attached hydrogens (primary N) is 1. The van der Waals surface area contributed by atoms with Crippen LogP contribution >= 0.6 is 34.4 Å². The molecule has 1 fully saturated rings. The van der Waals surface area contributed by atoms with Crippen molar-refractivity contribution in [2.24, 2.45) is 5.84 Å². The Balaban J connectivity index is 1.96. The molecule has 2 nitrogen and oxygen atoms in total. The molecule has 1 heterocycles. The van der Waals surface area contributed by atoms with Crippen molar-refractivity contribution in [2.45, 2.75) is 37.0 Å². The van der Waals surface area contributed by atoms with E-state index in [0.29, 0.717) is 11.3 Å². The molecule has 4 heteroatoms. The second kappa shape index (κ2) is 6.97. The average Bonchev–Trinajstić information content (AvgIpc) is 2.39. The zero-order valence-electron chi connectivity index (χ0n) is 9.86. The fourth-order valence-electron chi connectivity index (χ4n) is 2.26. The molecule has 94 valence electrons. The normalized spacial score (nSPS) is 22.4. The maximum atomic E-state index is 5.72. The minimum absolute atomic E-state index is 0.403. The van der Waals surface area contributed by atoms with Crippen LogP contribution in [-0.2, 0) is 6.42 Å². The van der Waals surface area contributed by atoms with Crippen LogP contribution in [0.4, 0.5) is 0 Å². The van der Waals surface area contributed by atoms with Gasteiger partial charge in [-0.1, -0.05) is 18.6 Å². The van der Waals surface area contributed by atoms with Gasteiger partial charge >= 0.3 is 0 Å². The lowest BCUT2D eigenvalue weighted by molar-refractivity contribution is 0.472. The van der Waals surface area contributed by atoms with Gasteiger partial charge in [-0.2, -0.15) is 11.8 Å². The highest BCUT2D eigenvalue weighted by Crippen LogP contribution is 2.28. The monoisotopic (exact) mass is 362 g/mol. The van der Waals surface area contributed by atoms with Crippen molar-refractivity contribution in [1.82, 2.24) is 5.43 Å². The van der Waals surface area contributed by atoms with Gasteiger partial charge in [-0.15, -0.1) is 0 Å². The van der Waals surface area contributed by atoms with Gasteiger partial charge in [0.25, 0.3) is 0 Å². The number of hydrogen-bond acceptors (Lipinski definition) is 3. The molecule has 0 bridgehead atoms. The Kier molecular flexibility index (Phi) is 5.59. The summed E-state index contributed by atoms with van der Waals surface area (Å²) < 4.78 is 1.29. The first-order valence-corrected chi connectivity index (χ1v) is 8.24. The summed E-state index contributed by atoms with van der Waals surface area (Å²) >= 11 is 4.41. The van der Waals surface area contributed by atoms with Crippen LogP contribution in [0.15, 0.2) is 24.3 Å². The van der Waals surface area contributed by atoms with Gasteiger partial charge in [-0.25, -0.2) is 0 Å². The third-order valence-corrected chi connectivity index (χ3v) is 5.48. The maximum absolute atomic E-state index is 5.72. The molecule has 1 saturated heterocycles. The molecule has 0 saturated carbocycles. The summed E-state index contributed by atoms with van der Waals surface area (Å²) in [5.41, 5.74) is 4.39. The van der Waals surface area contributed by atoms with Crippen molar-refractivity contribution >= 4 is 34.4 Å². The molecule has 2 atom stereocenters. The van der Waals surface area contributed by atoms with Crippen molar-refractivity contribution in [2.75, 3.05) is 5.75 Å². The van der Waals surface area contributed by atoms with Crippen molar-refractivity contribution in [3.63, 3.8) is 0 Å². The first-order valence-electron chi connectivity index (χ1n) is 6.12. The molecule has 3 N–H and O–H groups in total. The van der Waals surface area contributed by atoms with Crippen LogP contribution in [0.1, 0.15) is 24.8 Å². The van der Waals surface area contributed by atoms with E-state index in [9.17, 15) is 0 Å². The highest BCUT2D eigenvalue weighted by atomic mass is 127. The van der Waals surface area contributed by atoms with Crippen LogP contribution in [0.25, 0.3) is 0 Å². The summed E-state index contributed by atoms with van der Waals surface area (Å²) in [7, 11) is 0. The molecule has 0 aromatic heterocycles. The summed E-state index contributed by atoms with van der Waals surface area (Å²) in [5, 5.41) is 0.674. The van der Waals surface area contributed by atoms with Crippen molar-refractivity contribution in [1.29, 1.82) is 0 Å². The highest BCUT2D eigenvalue weighted by Gasteiger charge is 2.23. The van der Waals surface area contributed by atoms with Gasteiger partial charge in [0.15, 0.2) is 0 Å². The Morgan fingerprint density at radius 2 is 2.12 bits per heavy atom. The van der Waals surface area contributed by atoms with Crippen molar-refractivity contribution < 1.29 is 0 Å². The number of rotatable bonds is 4. The van der Waals surface area contributed by atoms with E-state index in [2.05, 4.69) is 64.0 Å². The summed E-state index contributed by atoms with van der Waals surface area (Å²) in [4.78, 5) is 0. The van der Waals surface area contributed by atoms with E-state index in [1.165, 1.54) is 34.1 Å². The summed E-state index contributed by atoms with van der Waals surface area (Å²) in [6.07, 6.45) is 5.04. The van der Waals surface area contributed by atoms with Gasteiger partial charge in [0.05, 0.1) is 0 Å². The maximum Gasteiger partial charge on any atom is 0.0369 e. The van der Waals surface area contributed by atoms with Crippen LogP contribution in [0, 0.1) is 3.57 Å². The van der Waals surface area contributed by atoms with E-state index in [-0.39, 0.29) is 0 Å². The van der Waals surface area contributed by atoms with Crippen molar-refractivity contribution in [3.05, 3.63) is 33.4 Å². The Labute approximate surface area is 121 Å². The topological polar surface area (TPSA) is 38.0 Å². The van der Waals surface area contributed by atoms with E-state index < -0.39 is 0 Å². The Bertz CT molecular complexity index is 336. The van der Waals surface area contributed by atoms with Crippen LogP contribution in [0.3, 0.4) is 0 Å². The molecule has 1 aliphatic rings. The number of halogens is 1. The highest BCUT2D eigenvalue weighted by molar-refractivity contribution is 14.1. The van der Waals surface area contributed by atoms with Gasteiger partial charge in [0.2, 0.25) is 0 Å². The molecule has 17 heavy (non-hydrogen) atoms. The number of hydrazine groups is 1. The smallest absolute Gasteiger partial charge is 0.0369 e. The Morgan fingerprint density at radius 1 is 1.35 bits per heavy atom. The van der Waals surface area contributed by atoms with Gasteiger partial charge in [0.1, 0.15) is 0 Å². The van der Waals surface area contributed by atoms with Crippen LogP contribution in [0.2, 0.25) is 0 Å². The van der Waals surface area contributed by atoms with Gasteiger partial charge in [-0.05, 0) is 65.3 Å². The second-order valence-corrected chi connectivity index (χ2v) is 7.10. The fraction of sp³-hybridized carbons (Fsp3) is 0.538. The minimum atomic E-state index is 0.403. The van der Waals surface area contributed by atoms with Gasteiger partial charge in [0, 0.05) is 14.9 Å². The van der Waals surface area contributed by atoms with Crippen LogP contribution in [-0.4, -0.2) is 17.0 Å². The lowest BCUT2D eigenvalue weighted by Crippen LogP contribution is -2.45. The van der Waals surface area contributed by atoms with Crippen molar-refractivity contribution in [3.8, 4) is 0 Å². The van der Waals surface area contributed by atoms with E-state index in [0.717, 1.165) is 6.42 Å². The van der Waals surface area contributed by atoms with Crippen LogP contribution in [0.5, 0.6) is 0 Å². The second-order valence-electron chi connectivity index (χ2n) is 4.51. The first-order chi connectivity index (χ1) is 8.29. The van der Waals surface area contributed by atoms with E-state index in [1.54, 1.807) is 0 Å². The molecule has 2 unspecified atom stereocenters. The van der Waals surface area contributed by atoms with Gasteiger partial charge in [-0.3, -0.25) is 11.3 Å². The molecule has 2 rings (SSSR count). The van der Waals surface area contributed by atoms with E-state index in [1.807, 2.05) is 0 Å². The number of thioether (sulfide) groups is 1. The third kappa shape index (κ3) is 4.12. The molecule has 0 aliphatic carbocycles. The molecular formula is C13H19IN2S. The number of hydrogen-bond donors (Lipinski definition) is 2. The third-order valence-electron chi connectivity index (χ3n) is 3.25. The number of benzene rings is 1. The predicted molar refractivity (Wildman–Crippen MR) is 84.1 cm³/mol. The van der Waals surface area contributed by atoms with Crippen LogP contribution < -0.4 is 11.3 Å². The standard InChI is InChI=1S/C13H19IN2S/c14-11-6-4-10(5-7-11)9-12(16-15)13-3-1-2-8-17-13/h4-7,12-13,16H,1-3,8-9,15H2. The quantitative estimate of drug-likeness (QED) is 0.491. The number of nitrogens with one attached hydrogen (secondary N) is 1. The Hall–Kier alpha value is 0.220. The van der Waals surface area contributed by atoms with E-state index >= 15 is 0 Å². The summed E-state index contributed by atoms with van der Waals surface area (Å²) in [6, 6.07) is 9.15. The predicted octanol–water partition coefficient (Wildman–Crippen LogP) is 2.95. The Morgan fingerprint density at radius 3 is 2.71 bits per heavy atom. The zero-order valence-corrected chi connectivity index (χ0v) is 12.8. The fourth-order valence-corrected chi connectivity index (χ4v) is 4.03. The molecule has 1 aliphatic heterocycles. The van der Waals surface area contributed by atoms with Gasteiger partial charge < -0.3 is 0 Å². The lowest BCUT2D eigenvalue weighted by atomic mass is 10.00. The largest absolute Gasteiger partial charge is 0.271 e. The summed E-state index contributed by atoms with van der Waals surface area (Å²) in [5.74, 6) is 7.00. The lowest BCUT2D eigenvalue weighted by Gasteiger charge is -2.29. The first kappa shape index (κ1) is 13.6.